The van der Waals surface area contributed by atoms with Crippen molar-refractivity contribution in [1.29, 1.82) is 0 Å². The zero-order valence-corrected chi connectivity index (χ0v) is 12.7. The zero-order valence-electron chi connectivity index (χ0n) is 11.2. The third-order valence-electron chi connectivity index (χ3n) is 3.25. The van der Waals surface area contributed by atoms with Crippen LogP contribution in [0.15, 0.2) is 30.7 Å². The van der Waals surface area contributed by atoms with Gasteiger partial charge < -0.3 is 4.57 Å². The number of benzene rings is 1. The molecule has 0 fully saturated rings. The van der Waals surface area contributed by atoms with Crippen molar-refractivity contribution in [1.82, 2.24) is 19.3 Å². The van der Waals surface area contributed by atoms with Gasteiger partial charge in [0.2, 0.25) is 0 Å². The normalized spacial score (nSPS) is 11.7. The van der Waals surface area contributed by atoms with Gasteiger partial charge in [-0.15, -0.1) is 0 Å². The minimum absolute atomic E-state index is 0.279. The fourth-order valence-electron chi connectivity index (χ4n) is 2.33. The number of fused-ring (bicyclic) bond motifs is 1. The van der Waals surface area contributed by atoms with E-state index >= 15 is 0 Å². The van der Waals surface area contributed by atoms with Crippen LogP contribution >= 0.6 is 23.2 Å². The number of aromatic nitrogens is 4. The molecule has 0 amide bonds. The Balaban J connectivity index is 2.05. The summed E-state index contributed by atoms with van der Waals surface area (Å²) in [6.45, 7) is 4.80. The number of nitrogens with zero attached hydrogens (tertiary/aromatic N) is 4. The third-order valence-corrected chi connectivity index (χ3v) is 3.78. The summed E-state index contributed by atoms with van der Waals surface area (Å²) < 4.78 is 3.99. The molecule has 0 aliphatic heterocycles. The SMILES string of the molecule is CC(C)n1ncnc1Cn1ccc2c(Cl)cc(Cl)cc21. The molecular weight excluding hydrogens is 295 g/mol. The molecule has 0 unspecified atom stereocenters. The Kier molecular flexibility index (Phi) is 3.44. The van der Waals surface area contributed by atoms with Gasteiger partial charge in [-0.3, -0.25) is 0 Å². The Morgan fingerprint density at radius 2 is 2.05 bits per heavy atom. The second-order valence-corrected chi connectivity index (χ2v) is 5.82. The molecule has 0 aliphatic rings. The Labute approximate surface area is 126 Å². The first-order valence-electron chi connectivity index (χ1n) is 6.38. The molecule has 3 aromatic rings. The highest BCUT2D eigenvalue weighted by atomic mass is 35.5. The van der Waals surface area contributed by atoms with E-state index in [1.807, 2.05) is 23.0 Å². The smallest absolute Gasteiger partial charge is 0.147 e. The maximum atomic E-state index is 6.21. The molecule has 3 rings (SSSR count). The highest BCUT2D eigenvalue weighted by Crippen LogP contribution is 2.29. The van der Waals surface area contributed by atoms with Gasteiger partial charge in [0.15, 0.2) is 0 Å². The monoisotopic (exact) mass is 308 g/mol. The van der Waals surface area contributed by atoms with Crippen molar-refractivity contribution in [2.45, 2.75) is 26.4 Å². The number of rotatable bonds is 3. The van der Waals surface area contributed by atoms with Gasteiger partial charge in [-0.05, 0) is 32.0 Å². The molecule has 0 N–H and O–H groups in total. The van der Waals surface area contributed by atoms with E-state index in [0.29, 0.717) is 16.6 Å². The average molecular weight is 309 g/mol. The Morgan fingerprint density at radius 1 is 1.25 bits per heavy atom. The predicted molar refractivity (Wildman–Crippen MR) is 81.5 cm³/mol. The van der Waals surface area contributed by atoms with E-state index in [2.05, 4.69) is 28.5 Å². The van der Waals surface area contributed by atoms with Crippen molar-refractivity contribution in [2.75, 3.05) is 0 Å². The Hall–Kier alpha value is -1.52. The van der Waals surface area contributed by atoms with Gasteiger partial charge in [-0.25, -0.2) is 9.67 Å². The van der Waals surface area contributed by atoms with Gasteiger partial charge in [-0.1, -0.05) is 23.2 Å². The Morgan fingerprint density at radius 3 is 2.80 bits per heavy atom. The first-order valence-corrected chi connectivity index (χ1v) is 7.14. The van der Waals surface area contributed by atoms with Crippen molar-refractivity contribution in [3.63, 3.8) is 0 Å². The summed E-state index contributed by atoms with van der Waals surface area (Å²) in [7, 11) is 0. The molecule has 1 aromatic carbocycles. The van der Waals surface area contributed by atoms with Crippen molar-refractivity contribution in [3.8, 4) is 0 Å². The highest BCUT2D eigenvalue weighted by molar-refractivity contribution is 6.38. The number of hydrogen-bond acceptors (Lipinski definition) is 2. The summed E-state index contributed by atoms with van der Waals surface area (Å²) >= 11 is 12.3. The summed E-state index contributed by atoms with van der Waals surface area (Å²) in [6, 6.07) is 5.94. The van der Waals surface area contributed by atoms with Crippen LogP contribution in [0.25, 0.3) is 10.9 Å². The van der Waals surface area contributed by atoms with Crippen molar-refractivity contribution < 1.29 is 0 Å². The maximum absolute atomic E-state index is 6.21. The molecule has 0 atom stereocenters. The topological polar surface area (TPSA) is 35.6 Å². The first-order chi connectivity index (χ1) is 9.56. The van der Waals surface area contributed by atoms with E-state index < -0.39 is 0 Å². The van der Waals surface area contributed by atoms with Gasteiger partial charge in [0, 0.05) is 22.6 Å². The quantitative estimate of drug-likeness (QED) is 0.728. The van der Waals surface area contributed by atoms with Gasteiger partial charge in [-0.2, -0.15) is 5.10 Å². The van der Waals surface area contributed by atoms with Crippen LogP contribution in [0.5, 0.6) is 0 Å². The van der Waals surface area contributed by atoms with Crippen molar-refractivity contribution in [2.24, 2.45) is 0 Å². The van der Waals surface area contributed by atoms with Crippen molar-refractivity contribution >= 4 is 34.1 Å². The van der Waals surface area contributed by atoms with Crippen LogP contribution in [0.1, 0.15) is 25.7 Å². The van der Waals surface area contributed by atoms with Gasteiger partial charge in [0.25, 0.3) is 0 Å². The Bertz CT molecular complexity index is 758. The van der Waals surface area contributed by atoms with Crippen molar-refractivity contribution in [3.05, 3.63) is 46.6 Å². The van der Waals surface area contributed by atoms with Gasteiger partial charge in [0.05, 0.1) is 17.1 Å². The first kappa shape index (κ1) is 13.5. The summed E-state index contributed by atoms with van der Waals surface area (Å²) in [5.74, 6) is 0.911. The lowest BCUT2D eigenvalue weighted by Crippen LogP contribution is -2.11. The van der Waals surface area contributed by atoms with Gasteiger partial charge >= 0.3 is 0 Å². The lowest BCUT2D eigenvalue weighted by Gasteiger charge is -2.11. The summed E-state index contributed by atoms with van der Waals surface area (Å²) in [5.41, 5.74) is 1.00. The minimum Gasteiger partial charge on any atom is -0.340 e. The molecule has 4 nitrogen and oxygen atoms in total. The summed E-state index contributed by atoms with van der Waals surface area (Å²) in [4.78, 5) is 4.33. The average Bonchev–Trinajstić information content (AvgIpc) is 2.97. The second kappa shape index (κ2) is 5.11. The molecule has 0 radical (unpaired) electrons. The third kappa shape index (κ3) is 2.30. The van der Waals surface area contributed by atoms with E-state index in [-0.39, 0.29) is 6.04 Å². The molecule has 0 saturated heterocycles. The molecule has 0 saturated carbocycles. The van der Waals surface area contributed by atoms with Gasteiger partial charge in [0.1, 0.15) is 12.2 Å². The van der Waals surface area contributed by atoms with Crippen LogP contribution in [-0.2, 0) is 6.54 Å². The van der Waals surface area contributed by atoms with E-state index in [1.165, 1.54) is 0 Å². The number of halogens is 2. The van der Waals surface area contributed by atoms with Crippen LogP contribution in [0.2, 0.25) is 10.0 Å². The lowest BCUT2D eigenvalue weighted by molar-refractivity contribution is 0.498. The molecule has 0 aliphatic carbocycles. The fourth-order valence-corrected chi connectivity index (χ4v) is 2.87. The van der Waals surface area contributed by atoms with Crippen LogP contribution in [-0.4, -0.2) is 19.3 Å². The zero-order chi connectivity index (χ0) is 14.3. The molecule has 6 heteroatoms. The maximum Gasteiger partial charge on any atom is 0.147 e. The van der Waals surface area contributed by atoms with E-state index in [0.717, 1.165) is 16.7 Å². The van der Waals surface area contributed by atoms with Crippen LogP contribution in [0, 0.1) is 0 Å². The van der Waals surface area contributed by atoms with E-state index in [1.54, 1.807) is 12.4 Å². The van der Waals surface area contributed by atoms with E-state index in [9.17, 15) is 0 Å². The molecule has 0 bridgehead atoms. The molecule has 2 heterocycles. The summed E-state index contributed by atoms with van der Waals surface area (Å²) in [5, 5.41) is 6.54. The molecule has 2 aromatic heterocycles. The van der Waals surface area contributed by atoms with E-state index in [4.69, 9.17) is 23.2 Å². The molecule has 0 spiro atoms. The minimum atomic E-state index is 0.279. The molecule has 20 heavy (non-hydrogen) atoms. The fraction of sp³-hybridized carbons (Fsp3) is 0.286. The standard InChI is InChI=1S/C14H14Cl2N4/c1-9(2)20-14(17-8-18-20)7-19-4-3-11-12(16)5-10(15)6-13(11)19/h3-6,8-9H,7H2,1-2H3. The molecular formula is C14H14Cl2N4. The largest absolute Gasteiger partial charge is 0.340 e. The highest BCUT2D eigenvalue weighted by Gasteiger charge is 2.11. The number of hydrogen-bond donors (Lipinski definition) is 0. The lowest BCUT2D eigenvalue weighted by atomic mass is 10.2. The second-order valence-electron chi connectivity index (χ2n) is 4.98. The van der Waals surface area contributed by atoms with Crippen LogP contribution < -0.4 is 0 Å². The van der Waals surface area contributed by atoms with Crippen LogP contribution in [0.3, 0.4) is 0 Å². The summed E-state index contributed by atoms with van der Waals surface area (Å²) in [6.07, 6.45) is 3.58. The molecule has 104 valence electrons. The van der Waals surface area contributed by atoms with Crippen LogP contribution in [0.4, 0.5) is 0 Å². The predicted octanol–water partition coefficient (Wildman–Crippen LogP) is 4.17.